The van der Waals surface area contributed by atoms with Crippen molar-refractivity contribution in [3.8, 4) is 0 Å². The lowest BCUT2D eigenvalue weighted by molar-refractivity contribution is -0.121. The fourth-order valence-electron chi connectivity index (χ4n) is 2.78. The molecular weight excluding hydrogens is 304 g/mol. The van der Waals surface area contributed by atoms with Crippen LogP contribution in [0.2, 0.25) is 0 Å². The lowest BCUT2D eigenvalue weighted by Crippen LogP contribution is -2.19. The molecule has 0 saturated heterocycles. The van der Waals surface area contributed by atoms with Crippen molar-refractivity contribution in [2.45, 2.75) is 13.1 Å². The van der Waals surface area contributed by atoms with E-state index < -0.39 is 0 Å². The Balaban J connectivity index is 1.52. The van der Waals surface area contributed by atoms with E-state index in [-0.39, 0.29) is 12.5 Å². The topological polar surface area (TPSA) is 50.8 Å². The van der Waals surface area contributed by atoms with Gasteiger partial charge in [-0.2, -0.15) is 0 Å². The van der Waals surface area contributed by atoms with Crippen molar-refractivity contribution in [3.63, 3.8) is 0 Å². The Morgan fingerprint density at radius 3 is 2.33 bits per heavy atom. The molecule has 0 fully saturated rings. The van der Waals surface area contributed by atoms with Crippen LogP contribution in [0.4, 0.5) is 11.4 Å². The maximum absolute atomic E-state index is 11.8. The van der Waals surface area contributed by atoms with Crippen LogP contribution in [-0.2, 0) is 27.4 Å². The van der Waals surface area contributed by atoms with Crippen LogP contribution >= 0.6 is 0 Å². The van der Waals surface area contributed by atoms with Crippen molar-refractivity contribution in [1.29, 1.82) is 0 Å². The number of carbonyl (C=O) groups is 1. The van der Waals surface area contributed by atoms with E-state index in [1.807, 2.05) is 24.3 Å². The van der Waals surface area contributed by atoms with E-state index in [2.05, 4.69) is 34.5 Å². The minimum atomic E-state index is -0.160. The molecule has 0 atom stereocenters. The van der Waals surface area contributed by atoms with Crippen LogP contribution in [0.3, 0.4) is 0 Å². The van der Waals surface area contributed by atoms with Crippen molar-refractivity contribution < 1.29 is 14.3 Å². The molecule has 1 aliphatic heterocycles. The Morgan fingerprint density at radius 1 is 1.04 bits per heavy atom. The third-order valence-corrected chi connectivity index (χ3v) is 4.02. The summed E-state index contributed by atoms with van der Waals surface area (Å²) in [4.78, 5) is 14.1. The van der Waals surface area contributed by atoms with Crippen molar-refractivity contribution in [2.24, 2.45) is 0 Å². The average Bonchev–Trinajstić information content (AvgIpc) is 3.03. The highest BCUT2D eigenvalue weighted by Crippen LogP contribution is 2.28. The minimum Gasteiger partial charge on any atom is -0.382 e. The second-order valence-corrected chi connectivity index (χ2v) is 5.77. The second-order valence-electron chi connectivity index (χ2n) is 5.77. The largest absolute Gasteiger partial charge is 0.382 e. The molecule has 1 amide bonds. The molecule has 126 valence electrons. The van der Waals surface area contributed by atoms with E-state index in [1.54, 1.807) is 7.11 Å². The Labute approximate surface area is 142 Å². The second kappa shape index (κ2) is 7.95. The first-order valence-electron chi connectivity index (χ1n) is 8.04. The summed E-state index contributed by atoms with van der Waals surface area (Å²) >= 11 is 0. The number of amides is 1. The normalized spacial score (nSPS) is 13.0. The molecule has 0 aliphatic carbocycles. The highest BCUT2D eigenvalue weighted by molar-refractivity contribution is 5.91. The number of fused-ring (bicyclic) bond motifs is 1. The number of nitrogens with zero attached hydrogens (tertiary/aromatic N) is 1. The van der Waals surface area contributed by atoms with Crippen molar-refractivity contribution in [2.75, 3.05) is 37.1 Å². The first-order valence-corrected chi connectivity index (χ1v) is 8.04. The zero-order valence-corrected chi connectivity index (χ0v) is 13.8. The van der Waals surface area contributed by atoms with Crippen molar-refractivity contribution in [3.05, 3.63) is 59.7 Å². The van der Waals surface area contributed by atoms with Crippen LogP contribution in [0.5, 0.6) is 0 Å². The number of ether oxygens (including phenoxy) is 2. The first kappa shape index (κ1) is 16.5. The van der Waals surface area contributed by atoms with Gasteiger partial charge < -0.3 is 19.7 Å². The number of hydrogen-bond acceptors (Lipinski definition) is 4. The van der Waals surface area contributed by atoms with Gasteiger partial charge in [0.2, 0.25) is 5.91 Å². The zero-order chi connectivity index (χ0) is 16.8. The van der Waals surface area contributed by atoms with Gasteiger partial charge in [0.05, 0.1) is 13.2 Å². The van der Waals surface area contributed by atoms with Gasteiger partial charge in [0, 0.05) is 31.6 Å². The molecule has 0 unspecified atom stereocenters. The molecule has 24 heavy (non-hydrogen) atoms. The Hall–Kier alpha value is -2.37. The summed E-state index contributed by atoms with van der Waals surface area (Å²) in [7, 11) is 1.60. The lowest BCUT2D eigenvalue weighted by Gasteiger charge is -2.18. The summed E-state index contributed by atoms with van der Waals surface area (Å²) in [6.07, 6.45) is 0. The fraction of sp³-hybridized carbons (Fsp3) is 0.316. The van der Waals surface area contributed by atoms with Crippen LogP contribution in [0.1, 0.15) is 11.1 Å². The van der Waals surface area contributed by atoms with E-state index >= 15 is 0 Å². The predicted molar refractivity (Wildman–Crippen MR) is 94.1 cm³/mol. The van der Waals surface area contributed by atoms with Crippen LogP contribution in [0.25, 0.3) is 0 Å². The molecule has 5 nitrogen and oxygen atoms in total. The molecule has 5 heteroatoms. The van der Waals surface area contributed by atoms with E-state index in [9.17, 15) is 4.79 Å². The van der Waals surface area contributed by atoms with Gasteiger partial charge in [-0.3, -0.25) is 4.79 Å². The van der Waals surface area contributed by atoms with Gasteiger partial charge in [0.25, 0.3) is 0 Å². The molecule has 3 rings (SSSR count). The number of benzene rings is 2. The van der Waals surface area contributed by atoms with E-state index in [4.69, 9.17) is 9.47 Å². The molecule has 1 aliphatic rings. The lowest BCUT2D eigenvalue weighted by atomic mass is 10.1. The quantitative estimate of drug-likeness (QED) is 0.795. The summed E-state index contributed by atoms with van der Waals surface area (Å²) in [5.41, 5.74) is 4.68. The standard InChI is InChI=1S/C19H22N2O3/c1-23-10-11-24-14-19(22)20-17-6-8-18(9-7-17)21-12-15-4-2-3-5-16(15)13-21/h2-9H,10-14H2,1H3,(H,20,22). The van der Waals surface area contributed by atoms with Crippen molar-refractivity contribution in [1.82, 2.24) is 0 Å². The fourth-order valence-corrected chi connectivity index (χ4v) is 2.78. The number of nitrogens with one attached hydrogen (secondary N) is 1. The highest BCUT2D eigenvalue weighted by atomic mass is 16.5. The van der Waals surface area contributed by atoms with Gasteiger partial charge in [0.1, 0.15) is 6.61 Å². The zero-order valence-electron chi connectivity index (χ0n) is 13.8. The molecule has 1 heterocycles. The van der Waals surface area contributed by atoms with Crippen LogP contribution in [0.15, 0.2) is 48.5 Å². The van der Waals surface area contributed by atoms with Gasteiger partial charge in [-0.15, -0.1) is 0 Å². The number of methoxy groups -OCH3 is 1. The molecule has 1 N–H and O–H groups in total. The van der Waals surface area contributed by atoms with Gasteiger partial charge in [-0.25, -0.2) is 0 Å². The minimum absolute atomic E-state index is 0.0343. The molecule has 0 aromatic heterocycles. The molecule has 2 aromatic rings. The number of carbonyl (C=O) groups excluding carboxylic acids is 1. The molecule has 0 spiro atoms. The molecule has 0 bridgehead atoms. The summed E-state index contributed by atoms with van der Waals surface area (Å²) in [5, 5.41) is 2.83. The van der Waals surface area contributed by atoms with Gasteiger partial charge >= 0.3 is 0 Å². The Kier molecular flexibility index (Phi) is 5.46. The molecule has 0 saturated carbocycles. The monoisotopic (exact) mass is 326 g/mol. The maximum Gasteiger partial charge on any atom is 0.250 e. The van der Waals surface area contributed by atoms with Gasteiger partial charge in [-0.05, 0) is 35.4 Å². The summed E-state index contributed by atoms with van der Waals surface area (Å²) in [6.45, 7) is 2.79. The number of hydrogen-bond donors (Lipinski definition) is 1. The summed E-state index contributed by atoms with van der Waals surface area (Å²) in [5.74, 6) is -0.160. The Morgan fingerprint density at radius 2 is 1.71 bits per heavy atom. The predicted octanol–water partition coefficient (Wildman–Crippen LogP) is 2.81. The third kappa shape index (κ3) is 4.13. The smallest absolute Gasteiger partial charge is 0.250 e. The van der Waals surface area contributed by atoms with E-state index in [1.165, 1.54) is 11.1 Å². The van der Waals surface area contributed by atoms with Gasteiger partial charge in [0.15, 0.2) is 0 Å². The van der Waals surface area contributed by atoms with Crippen molar-refractivity contribution >= 4 is 17.3 Å². The van der Waals surface area contributed by atoms with E-state index in [0.29, 0.717) is 13.2 Å². The van der Waals surface area contributed by atoms with Crippen LogP contribution < -0.4 is 10.2 Å². The summed E-state index contributed by atoms with van der Waals surface area (Å²) in [6, 6.07) is 16.4. The third-order valence-electron chi connectivity index (χ3n) is 4.02. The maximum atomic E-state index is 11.8. The van der Waals surface area contributed by atoms with Crippen LogP contribution in [0, 0.1) is 0 Å². The summed E-state index contributed by atoms with van der Waals surface area (Å²) < 4.78 is 10.1. The number of anilines is 2. The van der Waals surface area contributed by atoms with E-state index in [0.717, 1.165) is 24.5 Å². The molecule has 2 aromatic carbocycles. The SMILES string of the molecule is COCCOCC(=O)Nc1ccc(N2Cc3ccccc3C2)cc1. The highest BCUT2D eigenvalue weighted by Gasteiger charge is 2.18. The van der Waals surface area contributed by atoms with Crippen LogP contribution in [-0.4, -0.2) is 32.8 Å². The molecule has 0 radical (unpaired) electrons. The van der Waals surface area contributed by atoms with Gasteiger partial charge in [-0.1, -0.05) is 24.3 Å². The molecular formula is C19H22N2O3. The first-order chi connectivity index (χ1) is 11.8. The Bertz CT molecular complexity index is 660. The number of rotatable bonds is 7. The average molecular weight is 326 g/mol.